The number of nitrogens with one attached hydrogen (secondary N) is 1. The van der Waals surface area contributed by atoms with Gasteiger partial charge in [0.1, 0.15) is 18.0 Å². The van der Waals surface area contributed by atoms with Crippen molar-refractivity contribution in [3.05, 3.63) is 18.3 Å². The van der Waals surface area contributed by atoms with Crippen LogP contribution in [0.2, 0.25) is 0 Å². The first-order valence-corrected chi connectivity index (χ1v) is 5.72. The van der Waals surface area contributed by atoms with E-state index >= 15 is 0 Å². The number of rotatable bonds is 4. The lowest BCUT2D eigenvalue weighted by Gasteiger charge is -2.18. The highest BCUT2D eigenvalue weighted by molar-refractivity contribution is 5.54. The summed E-state index contributed by atoms with van der Waals surface area (Å²) < 4.78 is 10.9. The maximum Gasteiger partial charge on any atom is 0.127 e. The molecule has 2 heterocycles. The average molecular weight is 237 g/mol. The Balaban J connectivity index is 2.13. The summed E-state index contributed by atoms with van der Waals surface area (Å²) in [6, 6.07) is 4.04. The topological polar surface area (TPSA) is 46.6 Å². The van der Waals surface area contributed by atoms with Gasteiger partial charge in [0.15, 0.2) is 0 Å². The van der Waals surface area contributed by atoms with Crippen molar-refractivity contribution in [3.63, 3.8) is 0 Å². The second kappa shape index (κ2) is 5.33. The van der Waals surface area contributed by atoms with Crippen LogP contribution in [0.25, 0.3) is 0 Å². The van der Waals surface area contributed by atoms with Crippen LogP contribution in [-0.2, 0) is 9.47 Å². The third kappa shape index (κ3) is 2.50. The van der Waals surface area contributed by atoms with E-state index in [0.717, 1.165) is 24.6 Å². The summed E-state index contributed by atoms with van der Waals surface area (Å²) >= 11 is 0. The fourth-order valence-corrected chi connectivity index (χ4v) is 2.16. The predicted octanol–water partition coefficient (Wildman–Crippen LogP) is 0.973. The van der Waals surface area contributed by atoms with Gasteiger partial charge in [0.05, 0.1) is 0 Å². The molecule has 2 atom stereocenters. The molecule has 0 aromatic carbocycles. The first-order valence-electron chi connectivity index (χ1n) is 5.72. The number of aromatic nitrogens is 1. The molecule has 1 saturated heterocycles. The molecule has 1 N–H and O–H groups in total. The molecule has 1 aromatic rings. The molecule has 0 aliphatic carbocycles. The molecule has 94 valence electrons. The van der Waals surface area contributed by atoms with Crippen molar-refractivity contribution in [1.29, 1.82) is 0 Å². The highest BCUT2D eigenvalue weighted by atomic mass is 16.5. The molecular weight excluding hydrogens is 218 g/mol. The van der Waals surface area contributed by atoms with Crippen LogP contribution in [-0.4, -0.2) is 51.5 Å². The van der Waals surface area contributed by atoms with Gasteiger partial charge in [-0.15, -0.1) is 0 Å². The molecule has 0 radical (unpaired) electrons. The highest BCUT2D eigenvalue weighted by Gasteiger charge is 2.33. The third-order valence-electron chi connectivity index (χ3n) is 3.19. The Morgan fingerprint density at radius 3 is 2.47 bits per heavy atom. The van der Waals surface area contributed by atoms with Gasteiger partial charge in [0.25, 0.3) is 0 Å². The van der Waals surface area contributed by atoms with E-state index in [4.69, 9.17) is 9.47 Å². The van der Waals surface area contributed by atoms with Crippen molar-refractivity contribution >= 4 is 11.5 Å². The van der Waals surface area contributed by atoms with Crippen LogP contribution in [0.1, 0.15) is 0 Å². The molecular formula is C12H19N3O2. The van der Waals surface area contributed by atoms with Gasteiger partial charge in [-0.3, -0.25) is 0 Å². The lowest BCUT2D eigenvalue weighted by Crippen LogP contribution is -2.27. The summed E-state index contributed by atoms with van der Waals surface area (Å²) in [4.78, 5) is 6.46. The van der Waals surface area contributed by atoms with Crippen LogP contribution in [0.15, 0.2) is 18.3 Å². The summed E-state index contributed by atoms with van der Waals surface area (Å²) in [6.07, 6.45) is 2.07. The lowest BCUT2D eigenvalue weighted by molar-refractivity contribution is -0.00461. The number of anilines is 2. The van der Waals surface area contributed by atoms with Crippen molar-refractivity contribution in [2.75, 3.05) is 44.6 Å². The Labute approximate surface area is 102 Å². The van der Waals surface area contributed by atoms with E-state index in [0.29, 0.717) is 0 Å². The highest BCUT2D eigenvalue weighted by Crippen LogP contribution is 2.24. The monoisotopic (exact) mass is 237 g/mol. The fraction of sp³-hybridized carbons (Fsp3) is 0.583. The molecule has 1 aromatic heterocycles. The first-order chi connectivity index (χ1) is 8.28. The third-order valence-corrected chi connectivity index (χ3v) is 3.19. The number of hydrogen-bond acceptors (Lipinski definition) is 5. The molecule has 5 heteroatoms. The van der Waals surface area contributed by atoms with Crippen LogP contribution >= 0.6 is 0 Å². The van der Waals surface area contributed by atoms with Gasteiger partial charge in [-0.25, -0.2) is 4.98 Å². The molecule has 1 fully saturated rings. The standard InChI is InChI=1S/C12H19N3O2/c1-13-12-6-9(4-5-14-12)15-7-10(16-2)11(8-15)17-3/h4-6,10-11H,7-8H2,1-3H3,(H,13,14). The molecule has 0 spiro atoms. The van der Waals surface area contributed by atoms with Gasteiger partial charge in [-0.1, -0.05) is 0 Å². The van der Waals surface area contributed by atoms with Gasteiger partial charge < -0.3 is 19.7 Å². The van der Waals surface area contributed by atoms with Crippen molar-refractivity contribution in [2.45, 2.75) is 12.2 Å². The Morgan fingerprint density at radius 2 is 1.94 bits per heavy atom. The summed E-state index contributed by atoms with van der Waals surface area (Å²) in [7, 11) is 5.32. The van der Waals surface area contributed by atoms with Gasteiger partial charge >= 0.3 is 0 Å². The second-order valence-corrected chi connectivity index (χ2v) is 4.10. The first kappa shape index (κ1) is 12.1. The predicted molar refractivity (Wildman–Crippen MR) is 67.6 cm³/mol. The smallest absolute Gasteiger partial charge is 0.127 e. The van der Waals surface area contributed by atoms with E-state index in [2.05, 4.69) is 15.2 Å². The number of hydrogen-bond donors (Lipinski definition) is 1. The summed E-state index contributed by atoms with van der Waals surface area (Å²) in [5, 5.41) is 3.04. The van der Waals surface area contributed by atoms with E-state index in [9.17, 15) is 0 Å². The molecule has 0 amide bonds. The molecule has 0 bridgehead atoms. The van der Waals surface area contributed by atoms with Gasteiger partial charge in [0, 0.05) is 52.3 Å². The van der Waals surface area contributed by atoms with E-state index in [1.165, 1.54) is 0 Å². The van der Waals surface area contributed by atoms with E-state index < -0.39 is 0 Å². The average Bonchev–Trinajstić information content (AvgIpc) is 2.82. The molecule has 1 aliphatic heterocycles. The number of ether oxygens (including phenoxy) is 2. The maximum absolute atomic E-state index is 5.43. The van der Waals surface area contributed by atoms with Crippen LogP contribution < -0.4 is 10.2 Å². The quantitative estimate of drug-likeness (QED) is 0.845. The van der Waals surface area contributed by atoms with Crippen LogP contribution in [0, 0.1) is 0 Å². The molecule has 0 saturated carbocycles. The zero-order valence-corrected chi connectivity index (χ0v) is 10.5. The van der Waals surface area contributed by atoms with E-state index in [1.54, 1.807) is 14.2 Å². The number of nitrogens with zero attached hydrogens (tertiary/aromatic N) is 2. The normalized spacial score (nSPS) is 24.1. The Bertz CT molecular complexity index is 361. The van der Waals surface area contributed by atoms with Crippen LogP contribution in [0.3, 0.4) is 0 Å². The molecule has 1 aliphatic rings. The van der Waals surface area contributed by atoms with Crippen molar-refractivity contribution in [3.8, 4) is 0 Å². The van der Waals surface area contributed by atoms with Crippen molar-refractivity contribution < 1.29 is 9.47 Å². The number of methoxy groups -OCH3 is 2. The summed E-state index contributed by atoms with van der Waals surface area (Å²) in [6.45, 7) is 1.70. The minimum absolute atomic E-state index is 0.131. The molecule has 17 heavy (non-hydrogen) atoms. The second-order valence-electron chi connectivity index (χ2n) is 4.10. The van der Waals surface area contributed by atoms with Gasteiger partial charge in [-0.2, -0.15) is 0 Å². The Hall–Kier alpha value is -1.33. The van der Waals surface area contributed by atoms with Crippen molar-refractivity contribution in [1.82, 2.24) is 4.98 Å². The number of pyridine rings is 1. The van der Waals surface area contributed by atoms with E-state index in [-0.39, 0.29) is 12.2 Å². The van der Waals surface area contributed by atoms with Gasteiger partial charge in [0.2, 0.25) is 0 Å². The Morgan fingerprint density at radius 1 is 1.29 bits per heavy atom. The van der Waals surface area contributed by atoms with E-state index in [1.807, 2.05) is 25.4 Å². The Kier molecular flexibility index (Phi) is 3.81. The SMILES string of the molecule is CNc1cc(N2CC(OC)C(OC)C2)ccn1. The van der Waals surface area contributed by atoms with Crippen LogP contribution in [0.5, 0.6) is 0 Å². The van der Waals surface area contributed by atoms with Gasteiger partial charge in [-0.05, 0) is 6.07 Å². The minimum Gasteiger partial charge on any atom is -0.377 e. The summed E-state index contributed by atoms with van der Waals surface area (Å²) in [5.41, 5.74) is 1.14. The minimum atomic E-state index is 0.131. The molecule has 2 rings (SSSR count). The van der Waals surface area contributed by atoms with Crippen LogP contribution in [0.4, 0.5) is 11.5 Å². The maximum atomic E-state index is 5.43. The largest absolute Gasteiger partial charge is 0.377 e. The molecule has 5 nitrogen and oxygen atoms in total. The zero-order valence-electron chi connectivity index (χ0n) is 10.5. The lowest BCUT2D eigenvalue weighted by atomic mass is 10.3. The summed E-state index contributed by atoms with van der Waals surface area (Å²) in [5.74, 6) is 0.873. The molecule has 2 unspecified atom stereocenters. The fourth-order valence-electron chi connectivity index (χ4n) is 2.16. The van der Waals surface area contributed by atoms with Crippen molar-refractivity contribution in [2.24, 2.45) is 0 Å². The zero-order chi connectivity index (χ0) is 12.3.